The summed E-state index contributed by atoms with van der Waals surface area (Å²) in [6.07, 6.45) is 8.33. The van der Waals surface area contributed by atoms with Crippen molar-refractivity contribution in [3.8, 4) is 5.75 Å². The van der Waals surface area contributed by atoms with Gasteiger partial charge < -0.3 is 19.9 Å². The smallest absolute Gasteiger partial charge is 0.225 e. The van der Waals surface area contributed by atoms with Gasteiger partial charge in [0.05, 0.1) is 0 Å². The van der Waals surface area contributed by atoms with Gasteiger partial charge in [-0.2, -0.15) is 0 Å². The Bertz CT molecular complexity index is 851. The van der Waals surface area contributed by atoms with Gasteiger partial charge in [-0.3, -0.25) is 4.79 Å². The molecule has 2 atom stereocenters. The first-order valence-electron chi connectivity index (χ1n) is 11.6. The quantitative estimate of drug-likeness (QED) is 0.572. The Balaban J connectivity index is 1.18. The summed E-state index contributed by atoms with van der Waals surface area (Å²) < 4.78 is 18.5. The summed E-state index contributed by atoms with van der Waals surface area (Å²) >= 11 is 0. The fourth-order valence-corrected chi connectivity index (χ4v) is 4.64. The van der Waals surface area contributed by atoms with E-state index in [-0.39, 0.29) is 11.7 Å². The Kier molecular flexibility index (Phi) is 7.87. The Morgan fingerprint density at radius 2 is 1.94 bits per heavy atom. The first-order valence-corrected chi connectivity index (χ1v) is 11.6. The number of ether oxygens (including phenoxy) is 1. The van der Waals surface area contributed by atoms with Gasteiger partial charge in [0, 0.05) is 51.0 Å². The number of hydrogen-bond acceptors (Lipinski definition) is 6. The number of aromatic nitrogens is 2. The second-order valence-electron chi connectivity index (χ2n) is 8.58. The number of amides is 1. The van der Waals surface area contributed by atoms with E-state index < -0.39 is 0 Å². The molecule has 7 nitrogen and oxygen atoms in total. The number of nitrogens with one attached hydrogen (secondary N) is 1. The van der Waals surface area contributed by atoms with Crippen LogP contribution in [0.2, 0.25) is 0 Å². The summed E-state index contributed by atoms with van der Waals surface area (Å²) in [6.45, 7) is 4.78. The molecule has 1 aromatic heterocycles. The lowest BCUT2D eigenvalue weighted by molar-refractivity contribution is -0.129. The minimum Gasteiger partial charge on any atom is -0.492 e. The number of carbonyl (C=O) groups excluding carboxylic acids is 1. The van der Waals surface area contributed by atoms with E-state index in [4.69, 9.17) is 4.74 Å². The second kappa shape index (κ2) is 11.2. The summed E-state index contributed by atoms with van der Waals surface area (Å²) in [5, 5.41) is 3.40. The molecule has 1 amide bonds. The van der Waals surface area contributed by atoms with Crippen molar-refractivity contribution < 1.29 is 13.9 Å². The van der Waals surface area contributed by atoms with Crippen molar-refractivity contribution in [2.45, 2.75) is 38.1 Å². The van der Waals surface area contributed by atoms with Gasteiger partial charge in [-0.05, 0) is 68.5 Å². The third kappa shape index (κ3) is 6.16. The molecule has 2 aliphatic heterocycles. The third-order valence-electron chi connectivity index (χ3n) is 6.28. The van der Waals surface area contributed by atoms with Crippen LogP contribution in [0.3, 0.4) is 0 Å². The largest absolute Gasteiger partial charge is 0.492 e. The van der Waals surface area contributed by atoms with E-state index in [0.29, 0.717) is 37.3 Å². The molecule has 0 aliphatic carbocycles. The molecular formula is C24H32FN5O2. The summed E-state index contributed by atoms with van der Waals surface area (Å²) in [7, 11) is 0. The molecule has 1 aromatic carbocycles. The zero-order valence-electron chi connectivity index (χ0n) is 18.5. The maximum atomic E-state index is 12.9. The minimum atomic E-state index is -0.263. The van der Waals surface area contributed by atoms with Crippen LogP contribution < -0.4 is 15.0 Å². The number of hydrogen-bond donors (Lipinski definition) is 1. The maximum Gasteiger partial charge on any atom is 0.225 e. The monoisotopic (exact) mass is 441 g/mol. The van der Waals surface area contributed by atoms with E-state index in [1.165, 1.54) is 12.1 Å². The van der Waals surface area contributed by atoms with Crippen molar-refractivity contribution in [1.29, 1.82) is 0 Å². The zero-order chi connectivity index (χ0) is 22.2. The number of rotatable bonds is 10. The normalized spacial score (nSPS) is 21.2. The van der Waals surface area contributed by atoms with Crippen molar-refractivity contribution in [3.63, 3.8) is 0 Å². The van der Waals surface area contributed by atoms with E-state index in [9.17, 15) is 9.18 Å². The van der Waals surface area contributed by atoms with Crippen LogP contribution in [0.1, 0.15) is 32.1 Å². The molecule has 4 rings (SSSR count). The molecule has 3 heterocycles. The van der Waals surface area contributed by atoms with Crippen LogP contribution in [-0.2, 0) is 4.79 Å². The van der Waals surface area contributed by atoms with Crippen molar-refractivity contribution in [2.24, 2.45) is 5.92 Å². The highest BCUT2D eigenvalue weighted by molar-refractivity contribution is 5.78. The summed E-state index contributed by atoms with van der Waals surface area (Å²) in [6, 6.07) is 8.19. The SMILES string of the molecule is O=C1CC[C@H](CCNCCOc2ccc(F)cc2)N1C[C@@H]1CCCN(c2ncccn2)C1. The topological polar surface area (TPSA) is 70.6 Å². The van der Waals surface area contributed by atoms with Crippen LogP contribution in [0, 0.1) is 11.7 Å². The number of halogens is 1. The molecule has 2 aliphatic rings. The van der Waals surface area contributed by atoms with Gasteiger partial charge in [0.1, 0.15) is 18.2 Å². The highest BCUT2D eigenvalue weighted by atomic mass is 19.1. The van der Waals surface area contributed by atoms with E-state index in [1.807, 2.05) is 6.07 Å². The highest BCUT2D eigenvalue weighted by Gasteiger charge is 2.33. The first kappa shape index (κ1) is 22.5. The summed E-state index contributed by atoms with van der Waals surface area (Å²) in [5.41, 5.74) is 0. The number of anilines is 1. The molecule has 2 aromatic rings. The molecule has 32 heavy (non-hydrogen) atoms. The van der Waals surface area contributed by atoms with Gasteiger partial charge in [-0.15, -0.1) is 0 Å². The van der Waals surface area contributed by atoms with Crippen LogP contribution in [0.15, 0.2) is 42.7 Å². The highest BCUT2D eigenvalue weighted by Crippen LogP contribution is 2.26. The number of likely N-dealkylation sites (tertiary alicyclic amines) is 1. The second-order valence-corrected chi connectivity index (χ2v) is 8.58. The molecule has 8 heteroatoms. The van der Waals surface area contributed by atoms with Gasteiger partial charge in [0.2, 0.25) is 11.9 Å². The number of piperidine rings is 1. The maximum absolute atomic E-state index is 12.9. The Morgan fingerprint density at radius 1 is 1.12 bits per heavy atom. The Labute approximate surface area is 189 Å². The van der Waals surface area contributed by atoms with Crippen LogP contribution in [-0.4, -0.2) is 66.1 Å². The summed E-state index contributed by atoms with van der Waals surface area (Å²) in [4.78, 5) is 25.7. The molecule has 2 fully saturated rings. The van der Waals surface area contributed by atoms with Crippen molar-refractivity contribution >= 4 is 11.9 Å². The fraction of sp³-hybridized carbons (Fsp3) is 0.542. The number of carbonyl (C=O) groups is 1. The average molecular weight is 442 g/mol. The Morgan fingerprint density at radius 3 is 2.75 bits per heavy atom. The van der Waals surface area contributed by atoms with E-state index in [1.54, 1.807) is 24.5 Å². The van der Waals surface area contributed by atoms with Gasteiger partial charge in [-0.1, -0.05) is 0 Å². The van der Waals surface area contributed by atoms with Gasteiger partial charge in [-0.25, -0.2) is 14.4 Å². The van der Waals surface area contributed by atoms with E-state index in [2.05, 4.69) is 25.1 Å². The van der Waals surface area contributed by atoms with Crippen LogP contribution >= 0.6 is 0 Å². The molecule has 172 valence electrons. The predicted molar refractivity (Wildman–Crippen MR) is 121 cm³/mol. The predicted octanol–water partition coefficient (Wildman–Crippen LogP) is 2.88. The van der Waals surface area contributed by atoms with Crippen LogP contribution in [0.25, 0.3) is 0 Å². The third-order valence-corrected chi connectivity index (χ3v) is 6.28. The Hall–Kier alpha value is -2.74. The van der Waals surface area contributed by atoms with E-state index in [0.717, 1.165) is 57.8 Å². The molecule has 0 spiro atoms. The van der Waals surface area contributed by atoms with Gasteiger partial charge >= 0.3 is 0 Å². The van der Waals surface area contributed by atoms with Crippen molar-refractivity contribution in [3.05, 3.63) is 48.5 Å². The number of nitrogens with zero attached hydrogens (tertiary/aromatic N) is 4. The standard InChI is InChI=1S/C24H32FN5O2/c25-20-4-7-22(8-5-20)32-16-14-26-13-10-21-6-9-23(31)30(21)18-19-3-1-15-29(17-19)24-27-11-2-12-28-24/h2,4-5,7-8,11-12,19,21,26H,1,3,6,9-10,13-18H2/t19-,21-/m1/s1. The number of benzene rings is 1. The van der Waals surface area contributed by atoms with Crippen LogP contribution in [0.5, 0.6) is 5.75 Å². The molecule has 2 saturated heterocycles. The lowest BCUT2D eigenvalue weighted by Gasteiger charge is -2.36. The average Bonchev–Trinajstić information content (AvgIpc) is 3.17. The molecule has 0 saturated carbocycles. The minimum absolute atomic E-state index is 0.263. The molecule has 0 unspecified atom stereocenters. The molecule has 0 radical (unpaired) electrons. The molecular weight excluding hydrogens is 409 g/mol. The zero-order valence-corrected chi connectivity index (χ0v) is 18.5. The van der Waals surface area contributed by atoms with Gasteiger partial charge in [0.15, 0.2) is 0 Å². The first-order chi connectivity index (χ1) is 15.7. The van der Waals surface area contributed by atoms with Crippen molar-refractivity contribution in [1.82, 2.24) is 20.2 Å². The lowest BCUT2D eigenvalue weighted by atomic mass is 9.97. The lowest BCUT2D eigenvalue weighted by Crippen LogP contribution is -2.44. The fourth-order valence-electron chi connectivity index (χ4n) is 4.64. The van der Waals surface area contributed by atoms with Gasteiger partial charge in [0.25, 0.3) is 0 Å². The van der Waals surface area contributed by atoms with Crippen LogP contribution in [0.4, 0.5) is 10.3 Å². The molecule has 0 bridgehead atoms. The van der Waals surface area contributed by atoms with E-state index >= 15 is 0 Å². The summed E-state index contributed by atoms with van der Waals surface area (Å²) in [5.74, 6) is 1.93. The molecule has 1 N–H and O–H groups in total. The van der Waals surface area contributed by atoms with Crippen molar-refractivity contribution in [2.75, 3.05) is 44.2 Å².